The van der Waals surface area contributed by atoms with Crippen LogP contribution >= 0.6 is 0 Å². The zero-order valence-electron chi connectivity index (χ0n) is 37.9. The van der Waals surface area contributed by atoms with Gasteiger partial charge in [0.2, 0.25) is 0 Å². The summed E-state index contributed by atoms with van der Waals surface area (Å²) in [6.07, 6.45) is 17.2. The van der Waals surface area contributed by atoms with Crippen LogP contribution in [0.5, 0.6) is 0 Å². The second-order valence-electron chi connectivity index (χ2n) is 18.0. The number of rotatable bonds is 6. The predicted octanol–water partition coefficient (Wildman–Crippen LogP) is 18.4. The van der Waals surface area contributed by atoms with E-state index in [1.54, 1.807) is 5.57 Å². The van der Waals surface area contributed by atoms with Crippen molar-refractivity contribution in [3.8, 4) is 39.1 Å². The lowest BCUT2D eigenvalue weighted by atomic mass is 9.91. The average molecular weight is 850 g/mol. The van der Waals surface area contributed by atoms with Crippen molar-refractivity contribution in [2.45, 2.75) is 52.9 Å². The molecule has 0 N–H and O–H groups in total. The molecule has 2 nitrogen and oxygen atoms in total. The fourth-order valence-electron chi connectivity index (χ4n) is 11.0. The van der Waals surface area contributed by atoms with Gasteiger partial charge in [0.05, 0.1) is 11.0 Å². The molecule has 0 spiro atoms. The molecule has 0 aliphatic heterocycles. The van der Waals surface area contributed by atoms with E-state index in [2.05, 4.69) is 220 Å². The predicted molar refractivity (Wildman–Crippen MR) is 282 cm³/mol. The Bertz CT molecular complexity index is 3750. The molecule has 2 heterocycles. The van der Waals surface area contributed by atoms with Crippen LogP contribution in [0, 0.1) is 0 Å². The van der Waals surface area contributed by atoms with Crippen LogP contribution in [0.15, 0.2) is 215 Å². The SMILES string of the molecule is C/C=C(\C)C1=C(CC)CCC=C1.C1=CC2=C(CC1)c1cc3oc4ccc(-c5ccc6c(c5)c5ccccc5n6-c5cccc(-c6cccc(-c7ccccc7)c6)c5)cc4c3c3cccc2c13. The molecule has 0 saturated heterocycles. The molecule has 0 amide bonds. The summed E-state index contributed by atoms with van der Waals surface area (Å²) in [6.45, 7) is 6.55. The van der Waals surface area contributed by atoms with E-state index in [9.17, 15) is 0 Å². The Morgan fingerprint density at radius 3 is 2.05 bits per heavy atom. The Morgan fingerprint density at radius 1 is 0.530 bits per heavy atom. The van der Waals surface area contributed by atoms with Crippen molar-refractivity contribution in [1.82, 2.24) is 4.57 Å². The normalized spacial score (nSPS) is 14.6. The average Bonchev–Trinajstić information content (AvgIpc) is 4.04. The minimum atomic E-state index is 0.933. The zero-order chi connectivity index (χ0) is 44.3. The second-order valence-corrected chi connectivity index (χ2v) is 18.0. The molecule has 318 valence electrons. The first-order valence-corrected chi connectivity index (χ1v) is 23.7. The van der Waals surface area contributed by atoms with Gasteiger partial charge in [0.25, 0.3) is 0 Å². The van der Waals surface area contributed by atoms with E-state index < -0.39 is 0 Å². The molecule has 0 saturated carbocycles. The van der Waals surface area contributed by atoms with Gasteiger partial charge in [-0.2, -0.15) is 0 Å². The largest absolute Gasteiger partial charge is 0.456 e. The number of benzene rings is 8. The number of hydrogen-bond acceptors (Lipinski definition) is 1. The Balaban J connectivity index is 0.000000334. The van der Waals surface area contributed by atoms with Gasteiger partial charge in [-0.25, -0.2) is 0 Å². The lowest BCUT2D eigenvalue weighted by molar-refractivity contribution is 0.669. The fourth-order valence-corrected chi connectivity index (χ4v) is 11.0. The van der Waals surface area contributed by atoms with Gasteiger partial charge in [0.1, 0.15) is 11.2 Å². The van der Waals surface area contributed by atoms with Crippen molar-refractivity contribution >= 4 is 65.7 Å². The first-order chi connectivity index (χ1) is 32.6. The number of allylic oxidation sites excluding steroid dienone is 10. The van der Waals surface area contributed by atoms with Crippen molar-refractivity contribution < 1.29 is 4.42 Å². The highest BCUT2D eigenvalue weighted by Crippen LogP contribution is 2.50. The van der Waals surface area contributed by atoms with E-state index in [0.29, 0.717) is 0 Å². The molecule has 8 aromatic carbocycles. The van der Waals surface area contributed by atoms with Crippen LogP contribution in [0.2, 0.25) is 0 Å². The molecule has 0 fully saturated rings. The van der Waals surface area contributed by atoms with Crippen LogP contribution in [-0.4, -0.2) is 4.57 Å². The maximum absolute atomic E-state index is 6.60. The zero-order valence-corrected chi connectivity index (χ0v) is 37.9. The first-order valence-electron chi connectivity index (χ1n) is 23.7. The van der Waals surface area contributed by atoms with Crippen LogP contribution in [0.4, 0.5) is 0 Å². The Morgan fingerprint density at radius 2 is 1.20 bits per heavy atom. The molecule has 0 radical (unpaired) electrons. The van der Waals surface area contributed by atoms with Crippen molar-refractivity contribution in [3.63, 3.8) is 0 Å². The van der Waals surface area contributed by atoms with Crippen LogP contribution in [0.25, 0.3) is 105 Å². The van der Waals surface area contributed by atoms with Crippen LogP contribution in [-0.2, 0) is 0 Å². The van der Waals surface area contributed by atoms with Crippen molar-refractivity contribution in [3.05, 3.63) is 222 Å². The van der Waals surface area contributed by atoms with Gasteiger partial charge < -0.3 is 8.98 Å². The van der Waals surface area contributed by atoms with Gasteiger partial charge in [0.15, 0.2) is 0 Å². The molecule has 10 aromatic rings. The summed E-state index contributed by atoms with van der Waals surface area (Å²) in [6, 6.07) is 59.9. The Kier molecular flexibility index (Phi) is 9.90. The van der Waals surface area contributed by atoms with E-state index in [4.69, 9.17) is 4.42 Å². The quantitative estimate of drug-likeness (QED) is 0.163. The minimum absolute atomic E-state index is 0.933. The van der Waals surface area contributed by atoms with Crippen LogP contribution in [0.1, 0.15) is 64.0 Å². The van der Waals surface area contributed by atoms with Gasteiger partial charge in [-0.05, 0) is 178 Å². The van der Waals surface area contributed by atoms with Gasteiger partial charge in [0, 0.05) is 27.2 Å². The molecular formula is C64H51NO. The summed E-state index contributed by atoms with van der Waals surface area (Å²) in [7, 11) is 0. The minimum Gasteiger partial charge on any atom is -0.456 e. The van der Waals surface area contributed by atoms with Crippen molar-refractivity contribution in [1.29, 1.82) is 0 Å². The number of para-hydroxylation sites is 1. The van der Waals surface area contributed by atoms with Crippen molar-refractivity contribution in [2.75, 3.05) is 0 Å². The highest BCUT2D eigenvalue weighted by molar-refractivity contribution is 6.27. The molecule has 0 atom stereocenters. The van der Waals surface area contributed by atoms with Crippen LogP contribution < -0.4 is 0 Å². The molecule has 3 aliphatic carbocycles. The Labute approximate surface area is 386 Å². The fraction of sp³-hybridized carbons (Fsp3) is 0.125. The highest BCUT2D eigenvalue weighted by Gasteiger charge is 2.27. The number of fused-ring (bicyclic) bond motifs is 9. The summed E-state index contributed by atoms with van der Waals surface area (Å²) >= 11 is 0. The number of nitrogens with zero attached hydrogens (tertiary/aromatic N) is 1. The maximum Gasteiger partial charge on any atom is 0.136 e. The van der Waals surface area contributed by atoms with E-state index in [-0.39, 0.29) is 0 Å². The molecule has 3 aliphatic rings. The molecular weight excluding hydrogens is 799 g/mol. The van der Waals surface area contributed by atoms with Crippen LogP contribution in [0.3, 0.4) is 0 Å². The lowest BCUT2D eigenvalue weighted by Crippen LogP contribution is -1.95. The summed E-state index contributed by atoms with van der Waals surface area (Å²) < 4.78 is 9.02. The topological polar surface area (TPSA) is 18.1 Å². The van der Waals surface area contributed by atoms with Gasteiger partial charge in [-0.3, -0.25) is 0 Å². The number of hydrogen-bond donors (Lipinski definition) is 0. The lowest BCUT2D eigenvalue weighted by Gasteiger charge is -2.14. The standard InChI is InChI=1S/C52H33NO.C12H18/c1-2-11-32(12-3-1)33-13-8-14-34(27-33)35-15-9-16-38(28-35)53-47-22-7-6-19-41(47)44-29-36(23-25-48(44)53)37-24-26-49-46(30-37)52-43-21-10-20-42-39-17-4-5-18-40(39)45(51(42)43)31-50(52)54-49;1-4-10(3)12-9-7-6-8-11(12)5-2/h1-4,6-17,19-31H,5,18H2;4,7,9H,5-6,8H2,1-3H3/b;10-4+. The summed E-state index contributed by atoms with van der Waals surface area (Å²) in [5, 5.41) is 7.52. The number of furan rings is 1. The smallest absolute Gasteiger partial charge is 0.136 e. The third-order valence-corrected chi connectivity index (χ3v) is 14.4. The third-order valence-electron chi connectivity index (χ3n) is 14.4. The highest BCUT2D eigenvalue weighted by atomic mass is 16.3. The van der Waals surface area contributed by atoms with Crippen molar-refractivity contribution in [2.24, 2.45) is 0 Å². The van der Waals surface area contributed by atoms with E-state index in [0.717, 1.165) is 29.7 Å². The summed E-state index contributed by atoms with van der Waals surface area (Å²) in [5.41, 5.74) is 22.7. The van der Waals surface area contributed by atoms with Gasteiger partial charge >= 0.3 is 0 Å². The van der Waals surface area contributed by atoms with E-state index in [1.807, 2.05) is 0 Å². The van der Waals surface area contributed by atoms with E-state index in [1.165, 1.54) is 129 Å². The summed E-state index contributed by atoms with van der Waals surface area (Å²) in [4.78, 5) is 0. The molecule has 13 rings (SSSR count). The van der Waals surface area contributed by atoms with Gasteiger partial charge in [-0.15, -0.1) is 0 Å². The summed E-state index contributed by atoms with van der Waals surface area (Å²) in [5.74, 6) is 0. The molecule has 2 heteroatoms. The molecule has 66 heavy (non-hydrogen) atoms. The number of aromatic nitrogens is 1. The molecule has 0 unspecified atom stereocenters. The second kappa shape index (κ2) is 16.4. The first kappa shape index (κ1) is 39.9. The monoisotopic (exact) mass is 849 g/mol. The third kappa shape index (κ3) is 6.62. The maximum atomic E-state index is 6.60. The van der Waals surface area contributed by atoms with Gasteiger partial charge in [-0.1, -0.05) is 152 Å². The van der Waals surface area contributed by atoms with E-state index >= 15 is 0 Å². The molecule has 2 aromatic heterocycles. The molecule has 0 bridgehead atoms. The Hall–Kier alpha value is -7.68.